The third kappa shape index (κ3) is 5.44. The molecule has 2 heterocycles. The monoisotopic (exact) mass is 540 g/mol. The molecule has 0 aliphatic heterocycles. The van der Waals surface area contributed by atoms with Crippen molar-refractivity contribution >= 4 is 0 Å². The number of pyridine rings is 1. The van der Waals surface area contributed by atoms with Crippen LogP contribution in [0.25, 0.3) is 11.1 Å². The second-order valence-electron chi connectivity index (χ2n) is 8.41. The first-order chi connectivity index (χ1) is 17.8. The van der Waals surface area contributed by atoms with Gasteiger partial charge >= 0.3 is 12.1 Å². The average Bonchev–Trinajstić information content (AvgIpc) is 3.26. The van der Waals surface area contributed by atoms with Crippen molar-refractivity contribution in [3.63, 3.8) is 0 Å². The minimum absolute atomic E-state index is 0.0330. The molecule has 38 heavy (non-hydrogen) atoms. The van der Waals surface area contributed by atoms with Gasteiger partial charge in [-0.1, -0.05) is 24.3 Å². The van der Waals surface area contributed by atoms with Crippen LogP contribution in [0.4, 0.5) is 30.7 Å². The van der Waals surface area contributed by atoms with Crippen LogP contribution in [0.15, 0.2) is 60.8 Å². The molecule has 14 heteroatoms. The number of aromatic nitrogens is 5. The van der Waals surface area contributed by atoms with Crippen LogP contribution in [0.2, 0.25) is 0 Å². The van der Waals surface area contributed by atoms with Gasteiger partial charge in [0.2, 0.25) is 0 Å². The number of ether oxygens (including phenoxy) is 1. The summed E-state index contributed by atoms with van der Waals surface area (Å²) < 4.78 is 103. The van der Waals surface area contributed by atoms with Crippen molar-refractivity contribution in [1.29, 1.82) is 0 Å². The van der Waals surface area contributed by atoms with Crippen LogP contribution in [0, 0.1) is 18.6 Å². The maximum atomic E-state index is 16.0. The standard InChI is InChI=1S/C24H19F7N6O/c1-14-34-35-36-37(14)12-22(32,19-8-5-17(25)10-20(19)26)24(30,31)21-9-4-16(11-33-21)15-2-6-18(7-3-15)38-13-23(27,28)29/h2-11H,12-13,32H2,1H3. The number of hydrogen-bond donors (Lipinski definition) is 1. The Labute approximate surface area is 211 Å². The Hall–Kier alpha value is -4.07. The number of hydrogen-bond acceptors (Lipinski definition) is 6. The van der Waals surface area contributed by atoms with E-state index >= 15 is 8.78 Å². The van der Waals surface area contributed by atoms with E-state index in [1.54, 1.807) is 0 Å². The molecule has 1 atom stereocenters. The topological polar surface area (TPSA) is 91.7 Å². The van der Waals surface area contributed by atoms with Gasteiger partial charge in [0, 0.05) is 23.4 Å². The normalized spacial score (nSPS) is 13.8. The van der Waals surface area contributed by atoms with Crippen LogP contribution in [0.1, 0.15) is 17.1 Å². The van der Waals surface area contributed by atoms with Gasteiger partial charge in [0.05, 0.1) is 6.54 Å². The van der Waals surface area contributed by atoms with Crippen LogP contribution >= 0.6 is 0 Å². The fraction of sp³-hybridized carbons (Fsp3) is 0.250. The molecule has 1 unspecified atom stereocenters. The van der Waals surface area contributed by atoms with Crippen molar-refractivity contribution in [3.05, 3.63) is 89.5 Å². The predicted octanol–water partition coefficient (Wildman–Crippen LogP) is 4.91. The molecule has 4 rings (SSSR count). The zero-order valence-electron chi connectivity index (χ0n) is 19.6. The van der Waals surface area contributed by atoms with Gasteiger partial charge in [0.25, 0.3) is 0 Å². The average molecular weight is 540 g/mol. The maximum Gasteiger partial charge on any atom is 0.422 e. The van der Waals surface area contributed by atoms with Crippen molar-refractivity contribution in [2.75, 3.05) is 6.61 Å². The van der Waals surface area contributed by atoms with Gasteiger partial charge in [0.1, 0.15) is 34.4 Å². The minimum Gasteiger partial charge on any atom is -0.484 e. The molecule has 2 aromatic heterocycles. The summed E-state index contributed by atoms with van der Waals surface area (Å²) in [5.41, 5.74) is 2.73. The fourth-order valence-corrected chi connectivity index (χ4v) is 3.72. The number of benzene rings is 2. The quantitative estimate of drug-likeness (QED) is 0.320. The molecule has 7 nitrogen and oxygen atoms in total. The molecule has 0 aliphatic rings. The number of nitrogens with two attached hydrogens (primary N) is 1. The molecule has 200 valence electrons. The Bertz CT molecular complexity index is 1410. The molecule has 0 radical (unpaired) electrons. The molecule has 2 N–H and O–H groups in total. The van der Waals surface area contributed by atoms with Crippen LogP contribution in [-0.4, -0.2) is 38.0 Å². The van der Waals surface area contributed by atoms with E-state index in [9.17, 15) is 22.0 Å². The van der Waals surface area contributed by atoms with E-state index in [2.05, 4.69) is 25.2 Å². The molecule has 0 amide bonds. The summed E-state index contributed by atoms with van der Waals surface area (Å²) in [6, 6.07) is 9.81. The SMILES string of the molecule is Cc1nnnn1CC(N)(c1ccc(F)cc1F)C(F)(F)c1ccc(-c2ccc(OCC(F)(F)F)cc2)cn1. The molecular formula is C24H19F7N6O. The third-order valence-electron chi connectivity index (χ3n) is 5.76. The lowest BCUT2D eigenvalue weighted by Gasteiger charge is -2.37. The second-order valence-corrected chi connectivity index (χ2v) is 8.41. The number of tetrazole rings is 1. The number of alkyl halides is 5. The Morgan fingerprint density at radius 1 is 0.921 bits per heavy atom. The summed E-state index contributed by atoms with van der Waals surface area (Å²) in [4.78, 5) is 3.84. The molecule has 0 saturated heterocycles. The van der Waals surface area contributed by atoms with Crippen LogP contribution in [0.5, 0.6) is 5.75 Å². The Morgan fingerprint density at radius 2 is 1.61 bits per heavy atom. The highest BCUT2D eigenvalue weighted by atomic mass is 19.4. The van der Waals surface area contributed by atoms with E-state index in [0.717, 1.165) is 29.1 Å². The Balaban J connectivity index is 1.66. The second kappa shape index (κ2) is 10.0. The first-order valence-corrected chi connectivity index (χ1v) is 10.9. The van der Waals surface area contributed by atoms with Gasteiger partial charge in [-0.3, -0.25) is 4.98 Å². The van der Waals surface area contributed by atoms with Gasteiger partial charge in [-0.25, -0.2) is 13.5 Å². The van der Waals surface area contributed by atoms with Gasteiger partial charge < -0.3 is 10.5 Å². The van der Waals surface area contributed by atoms with Crippen molar-refractivity contribution in [1.82, 2.24) is 25.2 Å². The Morgan fingerprint density at radius 3 is 2.16 bits per heavy atom. The molecule has 0 spiro atoms. The highest BCUT2D eigenvalue weighted by Gasteiger charge is 2.56. The van der Waals surface area contributed by atoms with Crippen molar-refractivity contribution in [2.24, 2.45) is 5.73 Å². The molecule has 4 aromatic rings. The summed E-state index contributed by atoms with van der Waals surface area (Å²) in [6.45, 7) is -0.798. The van der Waals surface area contributed by atoms with E-state index in [1.807, 2.05) is 0 Å². The number of halogens is 7. The lowest BCUT2D eigenvalue weighted by Crippen LogP contribution is -2.55. The highest BCUT2D eigenvalue weighted by Crippen LogP contribution is 2.45. The molecule has 0 bridgehead atoms. The first kappa shape index (κ1) is 27.0. The summed E-state index contributed by atoms with van der Waals surface area (Å²) in [7, 11) is 0. The third-order valence-corrected chi connectivity index (χ3v) is 5.76. The number of nitrogens with zero attached hydrogens (tertiary/aromatic N) is 5. The van der Waals surface area contributed by atoms with E-state index in [0.29, 0.717) is 17.2 Å². The number of aryl methyl sites for hydroxylation is 1. The smallest absolute Gasteiger partial charge is 0.422 e. The van der Waals surface area contributed by atoms with Crippen molar-refractivity contribution in [3.8, 4) is 16.9 Å². The minimum atomic E-state index is -4.50. The van der Waals surface area contributed by atoms with Gasteiger partial charge in [-0.2, -0.15) is 22.0 Å². The van der Waals surface area contributed by atoms with E-state index < -0.39 is 53.7 Å². The summed E-state index contributed by atoms with van der Waals surface area (Å²) in [6.07, 6.45) is -3.39. The zero-order valence-corrected chi connectivity index (χ0v) is 19.6. The lowest BCUT2D eigenvalue weighted by molar-refractivity contribution is -0.153. The fourth-order valence-electron chi connectivity index (χ4n) is 3.72. The predicted molar refractivity (Wildman–Crippen MR) is 120 cm³/mol. The van der Waals surface area contributed by atoms with E-state index in [4.69, 9.17) is 5.73 Å². The van der Waals surface area contributed by atoms with Gasteiger partial charge in [0.15, 0.2) is 6.61 Å². The molecule has 2 aromatic carbocycles. The van der Waals surface area contributed by atoms with E-state index in [-0.39, 0.29) is 11.6 Å². The van der Waals surface area contributed by atoms with Crippen LogP contribution < -0.4 is 10.5 Å². The van der Waals surface area contributed by atoms with Crippen LogP contribution in [0.3, 0.4) is 0 Å². The van der Waals surface area contributed by atoms with Crippen molar-refractivity contribution in [2.45, 2.75) is 31.1 Å². The van der Waals surface area contributed by atoms with Gasteiger partial charge in [-0.05, 0) is 47.2 Å². The Kier molecular flexibility index (Phi) is 7.10. The van der Waals surface area contributed by atoms with Gasteiger partial charge in [-0.15, -0.1) is 5.10 Å². The molecular weight excluding hydrogens is 521 g/mol. The van der Waals surface area contributed by atoms with Crippen molar-refractivity contribution < 1.29 is 35.5 Å². The molecule has 0 aliphatic carbocycles. The summed E-state index contributed by atoms with van der Waals surface area (Å²) in [5, 5.41) is 10.6. The largest absolute Gasteiger partial charge is 0.484 e. The lowest BCUT2D eigenvalue weighted by atomic mass is 9.82. The highest BCUT2D eigenvalue weighted by molar-refractivity contribution is 5.63. The summed E-state index contributed by atoms with van der Waals surface area (Å²) in [5.74, 6) is -6.19. The zero-order chi connectivity index (χ0) is 27.7. The maximum absolute atomic E-state index is 16.0. The van der Waals surface area contributed by atoms with E-state index in [1.165, 1.54) is 37.3 Å². The number of rotatable bonds is 8. The first-order valence-electron chi connectivity index (χ1n) is 10.9. The molecule has 0 fully saturated rings. The summed E-state index contributed by atoms with van der Waals surface area (Å²) >= 11 is 0. The molecule has 0 saturated carbocycles. The van der Waals surface area contributed by atoms with Crippen LogP contribution in [-0.2, 0) is 18.0 Å².